The van der Waals surface area contributed by atoms with Gasteiger partial charge in [-0.25, -0.2) is 0 Å². The zero-order chi connectivity index (χ0) is 14.3. The maximum absolute atomic E-state index is 12.1. The second-order valence-corrected chi connectivity index (χ2v) is 5.05. The number of hydrogen-bond donors (Lipinski definition) is 1. The molecule has 0 aliphatic carbocycles. The molecule has 0 unspecified atom stereocenters. The minimum Gasteiger partial charge on any atom is -0.508 e. The lowest BCUT2D eigenvalue weighted by molar-refractivity contribution is 0.0925. The zero-order valence-electron chi connectivity index (χ0n) is 12.1. The lowest BCUT2D eigenvalue weighted by atomic mass is 10.1. The highest BCUT2D eigenvalue weighted by Gasteiger charge is 2.12. The van der Waals surface area contributed by atoms with Crippen molar-refractivity contribution in [1.82, 2.24) is 9.80 Å². The number of carbonyl (C=O) groups excluding carboxylic acids is 1. The molecule has 1 aromatic carbocycles. The molecule has 0 amide bonds. The first-order valence-corrected chi connectivity index (χ1v) is 6.72. The molecule has 19 heavy (non-hydrogen) atoms. The standard InChI is InChI=1S/C15H24N2O2/c1-4-9-17(11-10-16(2)3)12-15(19)13-5-7-14(18)8-6-13/h5-8,18H,4,9-12H2,1-3H3. The number of aromatic hydroxyl groups is 1. The van der Waals surface area contributed by atoms with Gasteiger partial charge in [0.05, 0.1) is 6.54 Å². The molecular weight excluding hydrogens is 240 g/mol. The minimum atomic E-state index is 0.104. The molecule has 0 saturated heterocycles. The Morgan fingerprint density at radius 2 is 1.74 bits per heavy atom. The second kappa shape index (κ2) is 7.92. The van der Waals surface area contributed by atoms with Gasteiger partial charge in [-0.1, -0.05) is 6.92 Å². The maximum atomic E-state index is 12.1. The van der Waals surface area contributed by atoms with E-state index >= 15 is 0 Å². The summed E-state index contributed by atoms with van der Waals surface area (Å²) in [6, 6.07) is 6.45. The van der Waals surface area contributed by atoms with Crippen LogP contribution in [0.15, 0.2) is 24.3 Å². The normalized spacial score (nSPS) is 11.2. The molecule has 4 heteroatoms. The Balaban J connectivity index is 2.57. The van der Waals surface area contributed by atoms with Gasteiger partial charge in [0.1, 0.15) is 5.75 Å². The number of phenolic OH excluding ortho intramolecular Hbond substituents is 1. The number of hydrogen-bond acceptors (Lipinski definition) is 4. The summed E-state index contributed by atoms with van der Waals surface area (Å²) in [6.45, 7) is 5.32. The summed E-state index contributed by atoms with van der Waals surface area (Å²) in [6.07, 6.45) is 1.04. The molecule has 0 atom stereocenters. The monoisotopic (exact) mass is 264 g/mol. The van der Waals surface area contributed by atoms with Crippen molar-refractivity contribution < 1.29 is 9.90 Å². The molecular formula is C15H24N2O2. The Hall–Kier alpha value is -1.39. The molecule has 0 bridgehead atoms. The first-order chi connectivity index (χ1) is 9.02. The second-order valence-electron chi connectivity index (χ2n) is 5.05. The first-order valence-electron chi connectivity index (χ1n) is 6.72. The number of nitrogens with zero attached hydrogens (tertiary/aromatic N) is 2. The Morgan fingerprint density at radius 1 is 1.11 bits per heavy atom. The molecule has 0 radical (unpaired) electrons. The van der Waals surface area contributed by atoms with E-state index in [1.54, 1.807) is 24.3 Å². The predicted molar refractivity (Wildman–Crippen MR) is 77.7 cm³/mol. The van der Waals surface area contributed by atoms with Crippen molar-refractivity contribution in [3.63, 3.8) is 0 Å². The van der Waals surface area contributed by atoms with Crippen LogP contribution in [0.25, 0.3) is 0 Å². The quantitative estimate of drug-likeness (QED) is 0.728. The highest BCUT2D eigenvalue weighted by atomic mass is 16.3. The van der Waals surface area contributed by atoms with Crippen molar-refractivity contribution in [2.45, 2.75) is 13.3 Å². The van der Waals surface area contributed by atoms with Gasteiger partial charge in [-0.3, -0.25) is 9.69 Å². The largest absolute Gasteiger partial charge is 0.508 e. The third-order valence-corrected chi connectivity index (χ3v) is 2.96. The van der Waals surface area contributed by atoms with E-state index in [0.29, 0.717) is 12.1 Å². The molecule has 0 spiro atoms. The molecule has 0 saturated carbocycles. The lowest BCUT2D eigenvalue weighted by Crippen LogP contribution is -2.36. The van der Waals surface area contributed by atoms with Crippen molar-refractivity contribution in [2.75, 3.05) is 40.3 Å². The van der Waals surface area contributed by atoms with Crippen molar-refractivity contribution in [3.8, 4) is 5.75 Å². The summed E-state index contributed by atoms with van der Waals surface area (Å²) in [5.74, 6) is 0.293. The topological polar surface area (TPSA) is 43.8 Å². The smallest absolute Gasteiger partial charge is 0.176 e. The van der Waals surface area contributed by atoms with Crippen molar-refractivity contribution >= 4 is 5.78 Å². The van der Waals surface area contributed by atoms with Crippen LogP contribution in [-0.4, -0.2) is 61.0 Å². The van der Waals surface area contributed by atoms with Gasteiger partial charge in [0.2, 0.25) is 0 Å². The van der Waals surface area contributed by atoms with E-state index in [-0.39, 0.29) is 11.5 Å². The molecule has 0 fully saturated rings. The van der Waals surface area contributed by atoms with Crippen molar-refractivity contribution in [1.29, 1.82) is 0 Å². The van der Waals surface area contributed by atoms with Gasteiger partial charge in [-0.15, -0.1) is 0 Å². The summed E-state index contributed by atoms with van der Waals surface area (Å²) in [4.78, 5) is 16.4. The Bertz CT molecular complexity index is 388. The third kappa shape index (κ3) is 5.85. The number of ketones is 1. The van der Waals surface area contributed by atoms with Crippen LogP contribution >= 0.6 is 0 Å². The van der Waals surface area contributed by atoms with Crippen LogP contribution < -0.4 is 0 Å². The lowest BCUT2D eigenvalue weighted by Gasteiger charge is -2.22. The van der Waals surface area contributed by atoms with E-state index in [0.717, 1.165) is 26.1 Å². The number of rotatable bonds is 8. The highest BCUT2D eigenvalue weighted by Crippen LogP contribution is 2.10. The van der Waals surface area contributed by atoms with Crippen LogP contribution in [0.4, 0.5) is 0 Å². The molecule has 0 aliphatic heterocycles. The number of phenols is 1. The number of carbonyl (C=O) groups is 1. The minimum absolute atomic E-state index is 0.104. The van der Waals surface area contributed by atoms with Gasteiger partial charge in [-0.05, 0) is 51.3 Å². The van der Waals surface area contributed by atoms with Gasteiger partial charge < -0.3 is 10.0 Å². The van der Waals surface area contributed by atoms with E-state index in [2.05, 4.69) is 16.7 Å². The molecule has 1 rings (SSSR count). The fourth-order valence-electron chi connectivity index (χ4n) is 1.87. The third-order valence-electron chi connectivity index (χ3n) is 2.96. The number of likely N-dealkylation sites (N-methyl/N-ethyl adjacent to an activating group) is 1. The van der Waals surface area contributed by atoms with Crippen molar-refractivity contribution in [2.24, 2.45) is 0 Å². The van der Waals surface area contributed by atoms with E-state index < -0.39 is 0 Å². The molecule has 0 aromatic heterocycles. The SMILES string of the molecule is CCCN(CCN(C)C)CC(=O)c1ccc(O)cc1. The number of Topliss-reactive ketones (excluding diaryl/α,β-unsaturated/α-hetero) is 1. The summed E-state index contributed by atoms with van der Waals surface area (Å²) in [5.41, 5.74) is 0.656. The summed E-state index contributed by atoms with van der Waals surface area (Å²) in [5, 5.41) is 9.22. The van der Waals surface area contributed by atoms with Gasteiger partial charge in [0, 0.05) is 18.7 Å². The Morgan fingerprint density at radius 3 is 2.26 bits per heavy atom. The average Bonchev–Trinajstić information content (AvgIpc) is 2.37. The first kappa shape index (κ1) is 15.7. The van der Waals surface area contributed by atoms with Crippen molar-refractivity contribution in [3.05, 3.63) is 29.8 Å². The molecule has 106 valence electrons. The molecule has 1 N–H and O–H groups in total. The number of benzene rings is 1. The van der Waals surface area contributed by atoms with Crippen LogP contribution in [0.1, 0.15) is 23.7 Å². The van der Waals surface area contributed by atoms with E-state index in [9.17, 15) is 9.90 Å². The molecule has 4 nitrogen and oxygen atoms in total. The van der Waals surface area contributed by atoms with Gasteiger partial charge in [-0.2, -0.15) is 0 Å². The Kier molecular flexibility index (Phi) is 6.53. The Labute approximate surface area is 115 Å². The fourth-order valence-corrected chi connectivity index (χ4v) is 1.87. The summed E-state index contributed by atoms with van der Waals surface area (Å²) in [7, 11) is 4.07. The molecule has 0 aliphatic rings. The molecule has 0 heterocycles. The highest BCUT2D eigenvalue weighted by molar-refractivity contribution is 5.97. The average molecular weight is 264 g/mol. The predicted octanol–water partition coefficient (Wildman–Crippen LogP) is 1.85. The fraction of sp³-hybridized carbons (Fsp3) is 0.533. The zero-order valence-corrected chi connectivity index (χ0v) is 12.1. The van der Waals surface area contributed by atoms with E-state index in [4.69, 9.17) is 0 Å². The van der Waals surface area contributed by atoms with Crippen LogP contribution in [0, 0.1) is 0 Å². The van der Waals surface area contributed by atoms with Crippen LogP contribution in [0.2, 0.25) is 0 Å². The summed E-state index contributed by atoms with van der Waals surface area (Å²) < 4.78 is 0. The van der Waals surface area contributed by atoms with Gasteiger partial charge in [0.25, 0.3) is 0 Å². The van der Waals surface area contributed by atoms with Crippen LogP contribution in [-0.2, 0) is 0 Å². The van der Waals surface area contributed by atoms with E-state index in [1.807, 2.05) is 14.1 Å². The van der Waals surface area contributed by atoms with Gasteiger partial charge in [0.15, 0.2) is 5.78 Å². The van der Waals surface area contributed by atoms with Crippen LogP contribution in [0.3, 0.4) is 0 Å². The van der Waals surface area contributed by atoms with Gasteiger partial charge >= 0.3 is 0 Å². The van der Waals surface area contributed by atoms with Crippen LogP contribution in [0.5, 0.6) is 5.75 Å². The van der Waals surface area contributed by atoms with E-state index in [1.165, 1.54) is 0 Å². The maximum Gasteiger partial charge on any atom is 0.176 e. The molecule has 1 aromatic rings. The summed E-state index contributed by atoms with van der Waals surface area (Å²) >= 11 is 0.